The van der Waals surface area contributed by atoms with E-state index in [-0.39, 0.29) is 10.9 Å². The number of hydrogen-bond acceptors (Lipinski definition) is 3. The minimum Gasteiger partial charge on any atom is -0.479 e. The molecule has 3 aromatic rings. The number of halogens is 2. The second-order valence-corrected chi connectivity index (χ2v) is 7.38. The first-order chi connectivity index (χ1) is 13.3. The van der Waals surface area contributed by atoms with Crippen LogP contribution in [0.25, 0.3) is 5.69 Å². The molecule has 0 bridgehead atoms. The number of anilines is 1. The fourth-order valence-electron chi connectivity index (χ4n) is 2.80. The Hall–Kier alpha value is -2.50. The maximum Gasteiger partial charge on any atom is 0.265 e. The first kappa shape index (κ1) is 20.2. The molecule has 0 saturated carbocycles. The minimum absolute atomic E-state index is 0.281. The van der Waals surface area contributed by atoms with Gasteiger partial charge in [-0.1, -0.05) is 47.0 Å². The van der Waals surface area contributed by atoms with Crippen molar-refractivity contribution in [1.29, 1.82) is 0 Å². The van der Waals surface area contributed by atoms with Crippen molar-refractivity contribution in [2.24, 2.45) is 0 Å². The predicted molar refractivity (Wildman–Crippen MR) is 113 cm³/mol. The summed E-state index contributed by atoms with van der Waals surface area (Å²) in [5.41, 5.74) is 4.33. The number of rotatable bonds is 5. The van der Waals surface area contributed by atoms with Crippen LogP contribution in [0.1, 0.15) is 23.9 Å². The molecule has 0 aliphatic rings. The fourth-order valence-corrected chi connectivity index (χ4v) is 3.14. The lowest BCUT2D eigenvalue weighted by Gasteiger charge is -2.16. The van der Waals surface area contributed by atoms with Gasteiger partial charge in [0.05, 0.1) is 27.8 Å². The molecule has 0 radical (unpaired) electrons. The van der Waals surface area contributed by atoms with Crippen LogP contribution in [0.2, 0.25) is 10.0 Å². The number of hydrogen-bond donors (Lipinski definition) is 1. The quantitative estimate of drug-likeness (QED) is 0.595. The Balaban J connectivity index is 1.78. The van der Waals surface area contributed by atoms with Crippen LogP contribution in [-0.2, 0) is 4.79 Å². The smallest absolute Gasteiger partial charge is 0.265 e. The van der Waals surface area contributed by atoms with Gasteiger partial charge in [0, 0.05) is 0 Å². The maximum atomic E-state index is 12.7. The summed E-state index contributed by atoms with van der Waals surface area (Å²) in [4.78, 5) is 12.7. The molecule has 0 spiro atoms. The second kappa shape index (κ2) is 8.25. The van der Waals surface area contributed by atoms with E-state index in [9.17, 15) is 4.79 Å². The van der Waals surface area contributed by atoms with E-state index in [4.69, 9.17) is 27.9 Å². The van der Waals surface area contributed by atoms with Gasteiger partial charge in [-0.15, -0.1) is 0 Å². The molecule has 1 N–H and O–H groups in total. The molecule has 146 valence electrons. The Bertz CT molecular complexity index is 1010. The van der Waals surface area contributed by atoms with Crippen LogP contribution < -0.4 is 10.1 Å². The third-order valence-electron chi connectivity index (χ3n) is 4.41. The zero-order chi connectivity index (χ0) is 20.4. The molecule has 0 aliphatic heterocycles. The zero-order valence-electron chi connectivity index (χ0n) is 16.1. The lowest BCUT2D eigenvalue weighted by molar-refractivity contribution is -0.122. The summed E-state index contributed by atoms with van der Waals surface area (Å²) in [6, 6.07) is 13.1. The van der Waals surface area contributed by atoms with Crippen LogP contribution in [-0.4, -0.2) is 21.8 Å². The molecule has 0 fully saturated rings. The molecule has 0 aliphatic carbocycles. The second-order valence-electron chi connectivity index (χ2n) is 6.59. The number of nitrogens with one attached hydrogen (secondary N) is 1. The Morgan fingerprint density at radius 3 is 2.46 bits per heavy atom. The number of carbonyl (C=O) groups is 1. The molecule has 7 heteroatoms. The van der Waals surface area contributed by atoms with E-state index in [1.165, 1.54) is 5.56 Å². The van der Waals surface area contributed by atoms with Crippen molar-refractivity contribution < 1.29 is 9.53 Å². The standard InChI is InChI=1S/C21H21Cl2N3O2/c1-12-8-10-16(11-9-12)26-14(3)20(13(2)25-26)24-21(27)15(4)28-18-7-5-6-17(22)19(18)23/h5-11,15H,1-4H3,(H,24,27). The lowest BCUT2D eigenvalue weighted by Crippen LogP contribution is -2.30. The number of amides is 1. The van der Waals surface area contributed by atoms with Gasteiger partial charge in [0.25, 0.3) is 5.91 Å². The number of carbonyl (C=O) groups excluding carboxylic acids is 1. The number of aryl methyl sites for hydroxylation is 2. The number of benzene rings is 2. The van der Waals surface area contributed by atoms with Crippen molar-refractivity contribution in [2.75, 3.05) is 5.32 Å². The highest BCUT2D eigenvalue weighted by molar-refractivity contribution is 6.42. The molecule has 5 nitrogen and oxygen atoms in total. The van der Waals surface area contributed by atoms with Gasteiger partial charge in [-0.05, 0) is 52.0 Å². The van der Waals surface area contributed by atoms with Crippen LogP contribution in [0.3, 0.4) is 0 Å². The van der Waals surface area contributed by atoms with Gasteiger partial charge < -0.3 is 10.1 Å². The summed E-state index contributed by atoms with van der Waals surface area (Å²) in [6.45, 7) is 7.45. The SMILES string of the molecule is Cc1ccc(-n2nc(C)c(NC(=O)C(C)Oc3cccc(Cl)c3Cl)c2C)cc1. The minimum atomic E-state index is -0.766. The van der Waals surface area contributed by atoms with Crippen molar-refractivity contribution >= 4 is 34.8 Å². The van der Waals surface area contributed by atoms with E-state index < -0.39 is 6.10 Å². The van der Waals surface area contributed by atoms with E-state index in [0.29, 0.717) is 16.5 Å². The molecular formula is C21H21Cl2N3O2. The van der Waals surface area contributed by atoms with Crippen molar-refractivity contribution in [3.05, 3.63) is 69.5 Å². The highest BCUT2D eigenvalue weighted by atomic mass is 35.5. The summed E-state index contributed by atoms with van der Waals surface area (Å²) in [5.74, 6) is 0.0614. The number of aromatic nitrogens is 2. The highest BCUT2D eigenvalue weighted by Crippen LogP contribution is 2.32. The summed E-state index contributed by atoms with van der Waals surface area (Å²) in [5, 5.41) is 8.12. The molecule has 1 unspecified atom stereocenters. The van der Waals surface area contributed by atoms with E-state index in [2.05, 4.69) is 10.4 Å². The first-order valence-electron chi connectivity index (χ1n) is 8.82. The monoisotopic (exact) mass is 417 g/mol. The van der Waals surface area contributed by atoms with Crippen LogP contribution in [0, 0.1) is 20.8 Å². The van der Waals surface area contributed by atoms with E-state index in [1.54, 1.807) is 25.1 Å². The zero-order valence-corrected chi connectivity index (χ0v) is 17.6. The van der Waals surface area contributed by atoms with Crippen molar-refractivity contribution in [3.8, 4) is 11.4 Å². The molecule has 3 rings (SSSR count). The van der Waals surface area contributed by atoms with Gasteiger partial charge in [0.15, 0.2) is 6.10 Å². The normalized spacial score (nSPS) is 11.9. The summed E-state index contributed by atoms with van der Waals surface area (Å²) < 4.78 is 7.50. The van der Waals surface area contributed by atoms with Gasteiger partial charge in [-0.2, -0.15) is 5.10 Å². The molecule has 1 amide bonds. The van der Waals surface area contributed by atoms with Crippen LogP contribution in [0.4, 0.5) is 5.69 Å². The van der Waals surface area contributed by atoms with Gasteiger partial charge in [-0.3, -0.25) is 4.79 Å². The van der Waals surface area contributed by atoms with Crippen LogP contribution in [0.15, 0.2) is 42.5 Å². The first-order valence-corrected chi connectivity index (χ1v) is 9.58. The predicted octanol–water partition coefficient (Wildman–Crippen LogP) is 5.51. The Kier molecular flexibility index (Phi) is 5.96. The lowest BCUT2D eigenvalue weighted by atomic mass is 10.2. The Morgan fingerprint density at radius 1 is 1.11 bits per heavy atom. The number of ether oxygens (including phenoxy) is 1. The van der Waals surface area contributed by atoms with E-state index >= 15 is 0 Å². The molecule has 1 atom stereocenters. The average Bonchev–Trinajstić information content (AvgIpc) is 2.94. The van der Waals surface area contributed by atoms with Crippen molar-refractivity contribution in [3.63, 3.8) is 0 Å². The van der Waals surface area contributed by atoms with Gasteiger partial charge >= 0.3 is 0 Å². The third-order valence-corrected chi connectivity index (χ3v) is 5.21. The summed E-state index contributed by atoms with van der Waals surface area (Å²) >= 11 is 12.1. The molecule has 1 aromatic heterocycles. The topological polar surface area (TPSA) is 56.2 Å². The summed E-state index contributed by atoms with van der Waals surface area (Å²) in [6.07, 6.45) is -0.766. The molecule has 28 heavy (non-hydrogen) atoms. The summed E-state index contributed by atoms with van der Waals surface area (Å²) in [7, 11) is 0. The average molecular weight is 418 g/mol. The molecule has 1 heterocycles. The van der Waals surface area contributed by atoms with Gasteiger partial charge in [0.1, 0.15) is 10.8 Å². The van der Waals surface area contributed by atoms with E-state index in [1.807, 2.05) is 49.7 Å². The van der Waals surface area contributed by atoms with Crippen LogP contribution in [0.5, 0.6) is 5.75 Å². The van der Waals surface area contributed by atoms with Crippen LogP contribution >= 0.6 is 23.2 Å². The van der Waals surface area contributed by atoms with Gasteiger partial charge in [-0.25, -0.2) is 4.68 Å². The van der Waals surface area contributed by atoms with E-state index in [0.717, 1.165) is 17.1 Å². The molecule has 2 aromatic carbocycles. The third kappa shape index (κ3) is 4.16. The highest BCUT2D eigenvalue weighted by Gasteiger charge is 2.21. The van der Waals surface area contributed by atoms with Gasteiger partial charge in [0.2, 0.25) is 0 Å². The van der Waals surface area contributed by atoms with Crippen molar-refractivity contribution in [1.82, 2.24) is 9.78 Å². The maximum absolute atomic E-state index is 12.7. The Morgan fingerprint density at radius 2 is 1.79 bits per heavy atom. The van der Waals surface area contributed by atoms with Crippen molar-refractivity contribution in [2.45, 2.75) is 33.8 Å². The fraction of sp³-hybridized carbons (Fsp3) is 0.238. The molecule has 0 saturated heterocycles. The largest absolute Gasteiger partial charge is 0.479 e. The molecular weight excluding hydrogens is 397 g/mol. The number of nitrogens with zero attached hydrogens (tertiary/aromatic N) is 2. The Labute approximate surface area is 174 Å².